The molecule has 27 atom stereocenters. The van der Waals surface area contributed by atoms with Gasteiger partial charge < -0.3 is 123 Å². The highest BCUT2D eigenvalue weighted by Gasteiger charge is 2.66. The third kappa shape index (κ3) is 28.9. The van der Waals surface area contributed by atoms with Crippen molar-refractivity contribution in [3.8, 4) is 0 Å². The number of aryl methyl sites for hydroxylation is 1. The number of carbonyl (C=O) groups is 8. The number of aliphatic carboxylic acids is 2. The van der Waals surface area contributed by atoms with Crippen LogP contribution in [0.5, 0.6) is 0 Å². The zero-order valence-electron chi connectivity index (χ0n) is 74.3. The molecule has 142 heavy (non-hydrogen) atoms. The van der Waals surface area contributed by atoms with E-state index in [1.54, 1.807) is 0 Å². The number of amides is 6. The first-order valence-corrected chi connectivity index (χ1v) is 50.5. The molecule has 0 unspecified atom stereocenters. The van der Waals surface area contributed by atoms with Crippen LogP contribution in [0.4, 0.5) is 17.5 Å². The number of carboxylic acid groups (broad SMARTS) is 2. The zero-order valence-corrected chi connectivity index (χ0v) is 79.7. The third-order valence-corrected chi connectivity index (χ3v) is 27.8. The average Bonchev–Trinajstić information content (AvgIpc) is 1.58. The Hall–Kier alpha value is -9.45. The van der Waals surface area contributed by atoms with Crippen molar-refractivity contribution in [2.24, 2.45) is 0 Å². The lowest BCUT2D eigenvalue weighted by Crippen LogP contribution is -2.66. The summed E-state index contributed by atoms with van der Waals surface area (Å²) in [5.74, 6) is -10.6. The predicted octanol–water partition coefficient (Wildman–Crippen LogP) is -12.6. The van der Waals surface area contributed by atoms with Gasteiger partial charge in [-0.2, -0.15) is 84.2 Å². The molecule has 5 saturated heterocycles. The molecule has 6 aromatic rings. The second kappa shape index (κ2) is 48.3. The third-order valence-electron chi connectivity index (χ3n) is 21.7. The molecule has 5 aliphatic rings. The molecule has 6 amide bonds. The molecule has 0 radical (unpaired) electrons. The second-order valence-corrected chi connectivity index (χ2v) is 39.9. The van der Waals surface area contributed by atoms with Gasteiger partial charge in [0, 0.05) is 56.4 Å². The molecule has 11 rings (SSSR count). The summed E-state index contributed by atoms with van der Waals surface area (Å²) in [6.45, 7) is 0.00550. The van der Waals surface area contributed by atoms with E-state index >= 15 is 0 Å². The summed E-state index contributed by atoms with van der Waals surface area (Å²) < 4.78 is 80.4. The van der Waals surface area contributed by atoms with Gasteiger partial charge in [-0.15, -0.1) is 23.2 Å². The van der Waals surface area contributed by atoms with Gasteiger partial charge in [0.1, 0.15) is 172 Å². The lowest BCUT2D eigenvalue weighted by atomic mass is 9.96. The summed E-state index contributed by atoms with van der Waals surface area (Å²) in [6.07, 6.45) is -32.6. The van der Waals surface area contributed by atoms with Gasteiger partial charge in [0.15, 0.2) is 48.6 Å². The van der Waals surface area contributed by atoms with Crippen molar-refractivity contribution < 1.29 is 198 Å². The molecule has 0 saturated carbocycles. The maximum Gasteiger partial charge on any atom is 0.622 e. The van der Waals surface area contributed by atoms with E-state index in [2.05, 4.69) is 71.4 Å². The van der Waals surface area contributed by atoms with Crippen LogP contribution in [-0.4, -0.2) is 384 Å². The molecule has 32 N–H and O–H groups in total. The maximum atomic E-state index is 14.1. The first kappa shape index (κ1) is 113. The summed E-state index contributed by atoms with van der Waals surface area (Å²) in [6, 6.07) is -8.40. The number of carbonyl (C=O) groups excluding carboxylic acids is 6. The molecule has 0 aliphatic carbocycles. The number of ether oxygens (including phenoxy) is 6. The van der Waals surface area contributed by atoms with Crippen molar-refractivity contribution in [1.29, 1.82) is 0 Å². The Morgan fingerprint density at radius 2 is 1.11 bits per heavy atom. The Kier molecular flexibility index (Phi) is 38.4. The van der Waals surface area contributed by atoms with Crippen molar-refractivity contribution in [2.45, 2.75) is 219 Å². The van der Waals surface area contributed by atoms with Crippen molar-refractivity contribution in [1.82, 2.24) is 95.1 Å². The maximum absolute atomic E-state index is 14.1. The number of imidazole rings is 1. The number of hydrogen-bond donors (Lipinski definition) is 29. The number of thioether (sulfide) groups is 1. The second-order valence-electron chi connectivity index (χ2n) is 31.9. The lowest BCUT2D eigenvalue weighted by molar-refractivity contribution is -0.262. The van der Waals surface area contributed by atoms with Gasteiger partial charge in [0.2, 0.25) is 41.7 Å². The first-order chi connectivity index (χ1) is 66.6. The summed E-state index contributed by atoms with van der Waals surface area (Å²) in [5, 5.41) is 120. The van der Waals surface area contributed by atoms with Crippen LogP contribution in [0.25, 0.3) is 11.2 Å². The van der Waals surface area contributed by atoms with Crippen LogP contribution in [0.15, 0.2) is 74.8 Å². The highest BCUT2D eigenvalue weighted by Crippen LogP contribution is 2.71. The highest BCUT2D eigenvalue weighted by atomic mass is 32.2. The van der Waals surface area contributed by atoms with Gasteiger partial charge in [-0.1, -0.05) is 5.21 Å². The summed E-state index contributed by atoms with van der Waals surface area (Å²) >= 11 is 0.974. The fourth-order valence-electron chi connectivity index (χ4n) is 14.6. The van der Waals surface area contributed by atoms with Crippen LogP contribution in [0.1, 0.15) is 84.1 Å². The molecule has 67 nitrogen and oxygen atoms in total. The number of nitrogens with one attached hydrogen (secondary N) is 7. The molecule has 6 aromatic heterocycles. The topological polar surface area (TPSA) is 999 Å². The van der Waals surface area contributed by atoms with E-state index in [-0.39, 0.29) is 52.2 Å². The number of nitrogens with zero attached hydrogens (tertiary/aromatic N) is 12. The number of nitrogen functional groups attached to an aromatic ring is 3. The zero-order chi connectivity index (χ0) is 104. The number of hydrogen-bond acceptors (Lipinski definition) is 54. The molecule has 73 heteroatoms. The van der Waals surface area contributed by atoms with Gasteiger partial charge >= 0.3 is 70.3 Å². The number of aliphatic hydroxyl groups is 7. The Labute approximate surface area is 802 Å². The molecule has 5 fully saturated rings. The monoisotopic (exact) mass is 2150 g/mol. The lowest BCUT2D eigenvalue weighted by Gasteiger charge is -2.43. The quantitative estimate of drug-likeness (QED) is 0.0125. The first-order valence-electron chi connectivity index (χ1n) is 41.9. The standard InChI is InChI=1S/C69H99N22O45P5S/c1-25(56(102)78-27(3)64(106)107)77-59(105)32(80-40(94)7-6-31(65(108)109)81-57(103)26(2)76-58(104)28(4)127-53-42(79-29(5)93)66(132-33(17-92)47(53)98)135-141(121,122)136-140(119,120)126-20-35-46(97)48(99)61(129-35)89-14-10-41(95)84-69(89)112)22-142-15-11-30-16-91(86-85-30)44-45(96)34(128-60(44)90-24-75-43-54(72)73-23-74-55(43)90)19-124-138(115,116)134-52-37(131-63(50(52)101)88-13-9-39(71)83-68(88)111)21-125-139(117,118)133-51-36(18-123-137(113)114)130-62(49(51)100)87-12-8-38(70)82-67(87)110/h8-10,12-14,16,23-28,31-37,42,44-53,60-63,66,92,96-101,113-122,137H,6-7,11,15,17-22H2,1-5H3,(H10-5,70,71,72,73,74,76,77,78,79,80,81,82,83,84,93,94,95,102,103,104,105,106,107,108,109,110,111,112)/p+5/t25-,26+,27-,28-,31-,32+,33-,34-,35-,36-,37-,42-,44-,45-,46-,47-,48-,49-,50-,51-,52-,53-,60-,61-,62-,63-,66-/m1/s1. The normalized spacial score (nSPS) is 27.2. The van der Waals surface area contributed by atoms with Crippen LogP contribution in [-0.2, 0) is 109 Å². The molecule has 0 aromatic carbocycles. The van der Waals surface area contributed by atoms with E-state index in [1.807, 2.05) is 4.98 Å². The number of aliphatic hydroxyl groups excluding tert-OH is 7. The van der Waals surface area contributed by atoms with E-state index in [0.29, 0.717) is 9.13 Å². The van der Waals surface area contributed by atoms with Crippen molar-refractivity contribution in [3.05, 3.63) is 103 Å². The Morgan fingerprint density at radius 3 is 1.68 bits per heavy atom. The molecule has 786 valence electrons. The largest absolute Gasteiger partial charge is 0.622 e. The molecular weight excluding hydrogens is 2040 g/mol. The van der Waals surface area contributed by atoms with Crippen LogP contribution >= 0.6 is 53.0 Å². The SMILES string of the molecule is CC(=O)N[C@H]1[C@@H](O[P+](O)(O)O[P+](O)(O)OC[C@H]2O[C@@H](n3ccc(=O)[nH]c3=O)[C@H](O)[C@@H]2O)O[C@H](CO)[C@@H](O)[C@@H]1O[C@H](C)C(=O)N[C@@H](C)C(=O)N[C@H](CCC(=O)N[C@@H](CSCCc1cn([C@@H]2[C@H](O)[C@@H](CO[P+](O)(O)O[C@H]3[C@@H](O)[C@H](n4ccc(N)nc4=O)O[C@@H]3CO[P+](O)(O)O[C@H]3[C@@H](O)[C@H](n4ccc(N)nc4=O)O[C@@H]3CO[PH+](O)O)O[C@H]2n2cnc3c(N)ncnc32)nn1)C(=O)N[C@H](C)C(=O)N[C@H](C)C(=O)O)C(=O)O. The van der Waals surface area contributed by atoms with Crippen LogP contribution in [0, 0.1) is 0 Å². The van der Waals surface area contributed by atoms with Crippen molar-refractivity contribution in [2.75, 3.05) is 61.7 Å². The molecular formula is C69H104N22O45P5S+5. The van der Waals surface area contributed by atoms with E-state index in [0.717, 1.165) is 91.8 Å². The van der Waals surface area contributed by atoms with Crippen molar-refractivity contribution >= 4 is 129 Å². The number of H-pyrrole nitrogens is 1. The fraction of sp³-hybridized carbons (Fsp3) is 0.609. The Bertz CT molecular complexity index is 5680. The predicted molar refractivity (Wildman–Crippen MR) is 471 cm³/mol. The number of fused-ring (bicyclic) bond motifs is 1. The number of anilines is 3. The van der Waals surface area contributed by atoms with E-state index in [9.17, 15) is 152 Å². The van der Waals surface area contributed by atoms with Gasteiger partial charge in [-0.3, -0.25) is 61.6 Å². The number of rotatable bonds is 48. The fourth-order valence-corrected chi connectivity index (χ4v) is 20.1. The molecule has 0 spiro atoms. The number of carboxylic acids is 2. The van der Waals surface area contributed by atoms with Gasteiger partial charge in [0.05, 0.1) is 22.9 Å². The van der Waals surface area contributed by atoms with Crippen LogP contribution in [0.3, 0.4) is 0 Å². The number of nitrogens with two attached hydrogens (primary N) is 3. The van der Waals surface area contributed by atoms with Gasteiger partial charge in [-0.25, -0.2) is 38.8 Å². The summed E-state index contributed by atoms with van der Waals surface area (Å²) in [7, 11) is -25.6. The van der Waals surface area contributed by atoms with Crippen LogP contribution in [0.2, 0.25) is 0 Å². The van der Waals surface area contributed by atoms with Gasteiger partial charge in [-0.05, 0) is 52.0 Å². The Balaban J connectivity index is 0.711. The number of aromatic amines is 1. The van der Waals surface area contributed by atoms with Crippen LogP contribution < -0.4 is 71.7 Å². The molecule has 5 aliphatic heterocycles. The van der Waals surface area contributed by atoms with E-state index < -0.39 is 322 Å². The Morgan fingerprint density at radius 1 is 0.570 bits per heavy atom. The summed E-state index contributed by atoms with van der Waals surface area (Å²) in [5.41, 5.74) is 13.5. The van der Waals surface area contributed by atoms with Gasteiger partial charge in [0.25, 0.3) is 5.56 Å². The minimum atomic E-state index is -5.74. The minimum absolute atomic E-state index is 0.00329. The highest BCUT2D eigenvalue weighted by molar-refractivity contribution is 7.99. The molecule has 11 heterocycles. The molecule has 0 bridgehead atoms. The van der Waals surface area contributed by atoms with E-state index in [1.165, 1.54) is 24.0 Å². The summed E-state index contributed by atoms with van der Waals surface area (Å²) in [4.78, 5) is 285. The minimum Gasteiger partial charge on any atom is -0.480 e. The number of aromatic nitrogens is 13. The van der Waals surface area contributed by atoms with Crippen molar-refractivity contribution in [3.63, 3.8) is 0 Å². The smallest absolute Gasteiger partial charge is 0.480 e. The average molecular weight is 2150 g/mol. The van der Waals surface area contributed by atoms with E-state index in [4.69, 9.17) is 77.3 Å².